The highest BCUT2D eigenvalue weighted by molar-refractivity contribution is 5.76. The molecule has 94 valence electrons. The Morgan fingerprint density at radius 3 is 3.06 bits per heavy atom. The lowest BCUT2D eigenvalue weighted by Crippen LogP contribution is -2.48. The minimum absolute atomic E-state index is 0.208. The molecule has 0 spiro atoms. The first-order chi connectivity index (χ1) is 8.16. The maximum Gasteiger partial charge on any atom is 0.224 e. The number of likely N-dealkylation sites (tertiary alicyclic amines) is 1. The van der Waals surface area contributed by atoms with Crippen LogP contribution in [0.4, 0.5) is 0 Å². The van der Waals surface area contributed by atoms with Crippen LogP contribution in [-0.4, -0.2) is 39.7 Å². The lowest BCUT2D eigenvalue weighted by Gasteiger charge is -2.35. The highest BCUT2D eigenvalue weighted by Gasteiger charge is 2.25. The summed E-state index contributed by atoms with van der Waals surface area (Å²) in [6.07, 6.45) is 5.03. The van der Waals surface area contributed by atoms with Crippen LogP contribution >= 0.6 is 0 Å². The summed E-state index contributed by atoms with van der Waals surface area (Å²) in [5, 5.41) is 4.09. The van der Waals surface area contributed by atoms with Gasteiger partial charge in [0.25, 0.3) is 0 Å². The van der Waals surface area contributed by atoms with Gasteiger partial charge < -0.3 is 10.6 Å². The Labute approximate surface area is 102 Å². The van der Waals surface area contributed by atoms with Gasteiger partial charge >= 0.3 is 0 Å². The second-order valence-electron chi connectivity index (χ2n) is 4.79. The summed E-state index contributed by atoms with van der Waals surface area (Å²) in [6, 6.07) is 2.11. The average Bonchev–Trinajstić information content (AvgIpc) is 2.82. The fraction of sp³-hybridized carbons (Fsp3) is 0.667. The van der Waals surface area contributed by atoms with Gasteiger partial charge in [-0.3, -0.25) is 9.48 Å². The zero-order valence-corrected chi connectivity index (χ0v) is 10.2. The van der Waals surface area contributed by atoms with Crippen LogP contribution < -0.4 is 5.73 Å². The van der Waals surface area contributed by atoms with E-state index >= 15 is 0 Å². The average molecular weight is 236 g/mol. The fourth-order valence-electron chi connectivity index (χ4n) is 2.19. The fourth-order valence-corrected chi connectivity index (χ4v) is 2.19. The standard InChI is InChI=1S/C12H20N4O/c1-10-9-15(7-3-11(10)13)12(17)4-8-16-6-2-5-14-16/h2,5-6,10-11H,3-4,7-9,13H2,1H3. The second-order valence-corrected chi connectivity index (χ2v) is 4.79. The molecule has 1 aromatic heterocycles. The molecule has 2 heterocycles. The van der Waals surface area contributed by atoms with Crippen molar-refractivity contribution in [1.29, 1.82) is 0 Å². The molecule has 1 amide bonds. The van der Waals surface area contributed by atoms with E-state index in [1.807, 2.05) is 17.2 Å². The van der Waals surface area contributed by atoms with Crippen molar-refractivity contribution in [3.05, 3.63) is 18.5 Å². The number of nitrogens with zero attached hydrogens (tertiary/aromatic N) is 3. The number of carbonyl (C=O) groups is 1. The number of hydrogen-bond acceptors (Lipinski definition) is 3. The van der Waals surface area contributed by atoms with Gasteiger partial charge in [0.05, 0.1) is 0 Å². The first-order valence-electron chi connectivity index (χ1n) is 6.17. The summed E-state index contributed by atoms with van der Waals surface area (Å²) < 4.78 is 1.79. The van der Waals surface area contributed by atoms with Gasteiger partial charge in [-0.25, -0.2) is 0 Å². The monoisotopic (exact) mass is 236 g/mol. The number of nitrogens with two attached hydrogens (primary N) is 1. The van der Waals surface area contributed by atoms with Gasteiger partial charge in [0.1, 0.15) is 0 Å². The summed E-state index contributed by atoms with van der Waals surface area (Å²) >= 11 is 0. The Morgan fingerprint density at radius 1 is 1.59 bits per heavy atom. The van der Waals surface area contributed by atoms with Crippen molar-refractivity contribution in [2.45, 2.75) is 32.4 Å². The molecule has 0 aliphatic carbocycles. The van der Waals surface area contributed by atoms with Crippen LogP contribution in [0.5, 0.6) is 0 Å². The van der Waals surface area contributed by atoms with Crippen LogP contribution in [0.25, 0.3) is 0 Å². The van der Waals surface area contributed by atoms with Crippen molar-refractivity contribution in [2.24, 2.45) is 11.7 Å². The molecule has 1 aromatic rings. The van der Waals surface area contributed by atoms with Gasteiger partial charge in [-0.05, 0) is 18.4 Å². The minimum Gasteiger partial charge on any atom is -0.342 e. The van der Waals surface area contributed by atoms with E-state index in [1.54, 1.807) is 10.9 Å². The van der Waals surface area contributed by atoms with E-state index in [1.165, 1.54) is 0 Å². The largest absolute Gasteiger partial charge is 0.342 e. The Hall–Kier alpha value is -1.36. The number of aryl methyl sites for hydroxylation is 1. The highest BCUT2D eigenvalue weighted by Crippen LogP contribution is 2.15. The molecule has 0 bridgehead atoms. The molecule has 2 N–H and O–H groups in total. The van der Waals surface area contributed by atoms with Crippen LogP contribution in [0.2, 0.25) is 0 Å². The number of piperidine rings is 1. The van der Waals surface area contributed by atoms with Gasteiger partial charge in [0.15, 0.2) is 0 Å². The molecule has 1 saturated heterocycles. The van der Waals surface area contributed by atoms with Gasteiger partial charge in [-0.2, -0.15) is 5.10 Å². The lowest BCUT2D eigenvalue weighted by atomic mass is 9.94. The number of hydrogen-bond donors (Lipinski definition) is 1. The van der Waals surface area contributed by atoms with Crippen molar-refractivity contribution < 1.29 is 4.79 Å². The summed E-state index contributed by atoms with van der Waals surface area (Å²) in [5.74, 6) is 0.608. The summed E-state index contributed by atoms with van der Waals surface area (Å²) in [4.78, 5) is 13.9. The first-order valence-corrected chi connectivity index (χ1v) is 6.17. The molecule has 2 atom stereocenters. The third kappa shape index (κ3) is 3.06. The van der Waals surface area contributed by atoms with E-state index in [2.05, 4.69) is 12.0 Å². The van der Waals surface area contributed by atoms with E-state index in [9.17, 15) is 4.79 Å². The van der Waals surface area contributed by atoms with Crippen molar-refractivity contribution in [2.75, 3.05) is 13.1 Å². The molecule has 0 radical (unpaired) electrons. The van der Waals surface area contributed by atoms with Gasteiger partial charge in [0.2, 0.25) is 5.91 Å². The van der Waals surface area contributed by atoms with Crippen molar-refractivity contribution in [3.63, 3.8) is 0 Å². The van der Waals surface area contributed by atoms with E-state index in [0.29, 0.717) is 18.9 Å². The SMILES string of the molecule is CC1CN(C(=O)CCn2cccn2)CCC1N. The second kappa shape index (κ2) is 5.31. The van der Waals surface area contributed by atoms with E-state index in [-0.39, 0.29) is 11.9 Å². The Kier molecular flexibility index (Phi) is 3.78. The number of rotatable bonds is 3. The molecule has 17 heavy (non-hydrogen) atoms. The predicted octanol–water partition coefficient (Wildman–Crippen LogP) is 0.469. The zero-order valence-electron chi connectivity index (χ0n) is 10.2. The van der Waals surface area contributed by atoms with Crippen LogP contribution in [0.15, 0.2) is 18.5 Å². The normalized spacial score (nSPS) is 24.9. The van der Waals surface area contributed by atoms with Gasteiger partial charge in [-0.1, -0.05) is 6.92 Å². The molecule has 1 aliphatic heterocycles. The predicted molar refractivity (Wildman–Crippen MR) is 65.2 cm³/mol. The third-order valence-corrected chi connectivity index (χ3v) is 3.44. The van der Waals surface area contributed by atoms with Gasteiger partial charge in [0, 0.05) is 44.5 Å². The van der Waals surface area contributed by atoms with E-state index in [0.717, 1.165) is 19.5 Å². The highest BCUT2D eigenvalue weighted by atomic mass is 16.2. The van der Waals surface area contributed by atoms with Crippen LogP contribution in [0.1, 0.15) is 19.8 Å². The topological polar surface area (TPSA) is 64.2 Å². The Morgan fingerprint density at radius 2 is 2.41 bits per heavy atom. The molecular formula is C12H20N4O. The van der Waals surface area contributed by atoms with Gasteiger partial charge in [-0.15, -0.1) is 0 Å². The number of aromatic nitrogens is 2. The van der Waals surface area contributed by atoms with E-state index < -0.39 is 0 Å². The molecular weight excluding hydrogens is 216 g/mol. The Balaban J connectivity index is 1.80. The van der Waals surface area contributed by atoms with Crippen molar-refractivity contribution in [3.8, 4) is 0 Å². The molecule has 1 aliphatic rings. The summed E-state index contributed by atoms with van der Waals surface area (Å²) in [6.45, 7) is 4.35. The molecule has 2 unspecified atom stereocenters. The molecule has 1 fully saturated rings. The quantitative estimate of drug-likeness (QED) is 0.829. The Bertz CT molecular complexity index is 363. The first kappa shape index (κ1) is 12.1. The molecule has 2 rings (SSSR count). The van der Waals surface area contributed by atoms with Crippen LogP contribution in [-0.2, 0) is 11.3 Å². The number of carbonyl (C=O) groups excluding carboxylic acids is 1. The van der Waals surface area contributed by atoms with Crippen molar-refractivity contribution in [1.82, 2.24) is 14.7 Å². The maximum absolute atomic E-state index is 12.0. The number of amides is 1. The third-order valence-electron chi connectivity index (χ3n) is 3.44. The maximum atomic E-state index is 12.0. The summed E-state index contributed by atoms with van der Waals surface area (Å²) in [7, 11) is 0. The van der Waals surface area contributed by atoms with Crippen molar-refractivity contribution >= 4 is 5.91 Å². The lowest BCUT2D eigenvalue weighted by molar-refractivity contribution is -0.133. The smallest absolute Gasteiger partial charge is 0.224 e. The molecule has 0 saturated carbocycles. The molecule has 5 nitrogen and oxygen atoms in total. The zero-order chi connectivity index (χ0) is 12.3. The van der Waals surface area contributed by atoms with Crippen LogP contribution in [0, 0.1) is 5.92 Å². The minimum atomic E-state index is 0.208. The molecule has 0 aromatic carbocycles. The summed E-state index contributed by atoms with van der Waals surface area (Å²) in [5.41, 5.74) is 5.94. The van der Waals surface area contributed by atoms with Crippen LogP contribution in [0.3, 0.4) is 0 Å². The van der Waals surface area contributed by atoms with E-state index in [4.69, 9.17) is 5.73 Å². The molecule has 5 heteroatoms.